The van der Waals surface area contributed by atoms with Crippen LogP contribution in [0.3, 0.4) is 0 Å². The van der Waals surface area contributed by atoms with E-state index in [4.69, 9.17) is 4.74 Å². The first kappa shape index (κ1) is 12.1. The van der Waals surface area contributed by atoms with Gasteiger partial charge >= 0.3 is 0 Å². The van der Waals surface area contributed by atoms with Crippen molar-refractivity contribution in [2.75, 3.05) is 6.61 Å². The summed E-state index contributed by atoms with van der Waals surface area (Å²) in [5.41, 5.74) is 0.382. The summed E-state index contributed by atoms with van der Waals surface area (Å²) in [5.74, 6) is 0. The van der Waals surface area contributed by atoms with Crippen LogP contribution in [0.5, 0.6) is 0 Å². The van der Waals surface area contributed by atoms with Gasteiger partial charge in [0.25, 0.3) is 0 Å². The van der Waals surface area contributed by atoms with Crippen molar-refractivity contribution in [3.8, 4) is 0 Å². The molecule has 2 unspecified atom stereocenters. The maximum atomic E-state index is 10.6. The van der Waals surface area contributed by atoms with E-state index in [1.54, 1.807) is 11.3 Å². The molecule has 0 amide bonds. The SMILES string of the molecule is CC1CC(O)(Cc2nc3ccccc3s2)CCO1. The molecule has 0 spiro atoms. The van der Waals surface area contributed by atoms with E-state index in [-0.39, 0.29) is 6.10 Å². The summed E-state index contributed by atoms with van der Waals surface area (Å²) in [6.07, 6.45) is 2.18. The Morgan fingerprint density at radius 3 is 3.11 bits per heavy atom. The van der Waals surface area contributed by atoms with E-state index < -0.39 is 5.60 Å². The first-order valence-corrected chi connectivity index (χ1v) is 7.15. The zero-order valence-corrected chi connectivity index (χ0v) is 11.2. The van der Waals surface area contributed by atoms with E-state index in [0.717, 1.165) is 10.5 Å². The fourth-order valence-corrected chi connectivity index (χ4v) is 3.69. The molecule has 2 aromatic rings. The molecular formula is C14H17NO2S. The second-order valence-electron chi connectivity index (χ2n) is 5.11. The highest BCUT2D eigenvalue weighted by Gasteiger charge is 2.34. The number of fused-ring (bicyclic) bond motifs is 1. The molecule has 96 valence electrons. The second kappa shape index (κ2) is 4.61. The summed E-state index contributed by atoms with van der Waals surface area (Å²) in [7, 11) is 0. The van der Waals surface area contributed by atoms with Crippen molar-refractivity contribution in [3.63, 3.8) is 0 Å². The van der Waals surface area contributed by atoms with Crippen LogP contribution >= 0.6 is 11.3 Å². The number of hydrogen-bond acceptors (Lipinski definition) is 4. The molecule has 2 atom stereocenters. The zero-order valence-electron chi connectivity index (χ0n) is 10.4. The van der Waals surface area contributed by atoms with Crippen LogP contribution in [0, 0.1) is 0 Å². The molecule has 4 heteroatoms. The lowest BCUT2D eigenvalue weighted by molar-refractivity contribution is -0.0960. The molecule has 0 aliphatic carbocycles. The maximum absolute atomic E-state index is 10.6. The molecule has 0 bridgehead atoms. The van der Waals surface area contributed by atoms with Crippen LogP contribution in [0.15, 0.2) is 24.3 Å². The number of rotatable bonds is 2. The van der Waals surface area contributed by atoms with Gasteiger partial charge in [0.1, 0.15) is 0 Å². The van der Waals surface area contributed by atoms with Gasteiger partial charge in [0.15, 0.2) is 0 Å². The maximum Gasteiger partial charge on any atom is 0.0967 e. The van der Waals surface area contributed by atoms with Gasteiger partial charge in [-0.1, -0.05) is 12.1 Å². The summed E-state index contributed by atoms with van der Waals surface area (Å²) in [6, 6.07) is 8.12. The monoisotopic (exact) mass is 263 g/mol. The largest absolute Gasteiger partial charge is 0.389 e. The van der Waals surface area contributed by atoms with Gasteiger partial charge < -0.3 is 9.84 Å². The molecular weight excluding hydrogens is 246 g/mol. The first-order chi connectivity index (χ1) is 8.65. The molecule has 1 aromatic heterocycles. The van der Waals surface area contributed by atoms with Crippen LogP contribution < -0.4 is 0 Å². The lowest BCUT2D eigenvalue weighted by Gasteiger charge is -2.35. The molecule has 3 rings (SSSR count). The normalized spacial score (nSPS) is 28.7. The third-order valence-corrected chi connectivity index (χ3v) is 4.49. The molecule has 1 aliphatic rings. The molecule has 0 saturated carbocycles. The average Bonchev–Trinajstić information content (AvgIpc) is 2.69. The van der Waals surface area contributed by atoms with E-state index in [2.05, 4.69) is 11.1 Å². The number of aliphatic hydroxyl groups is 1. The van der Waals surface area contributed by atoms with Crippen molar-refractivity contribution < 1.29 is 9.84 Å². The van der Waals surface area contributed by atoms with Crippen LogP contribution in [0.2, 0.25) is 0 Å². The van der Waals surface area contributed by atoms with Crippen molar-refractivity contribution in [2.24, 2.45) is 0 Å². The Hall–Kier alpha value is -0.970. The summed E-state index contributed by atoms with van der Waals surface area (Å²) < 4.78 is 6.68. The Kier molecular flexibility index (Phi) is 3.09. The minimum absolute atomic E-state index is 0.137. The smallest absolute Gasteiger partial charge is 0.0967 e. The Balaban J connectivity index is 1.82. The van der Waals surface area contributed by atoms with Gasteiger partial charge in [0.05, 0.1) is 26.9 Å². The molecule has 3 nitrogen and oxygen atoms in total. The summed E-state index contributed by atoms with van der Waals surface area (Å²) in [5, 5.41) is 11.6. The predicted molar refractivity (Wildman–Crippen MR) is 72.9 cm³/mol. The highest BCUT2D eigenvalue weighted by molar-refractivity contribution is 7.18. The van der Waals surface area contributed by atoms with E-state index in [1.807, 2.05) is 25.1 Å². The number of benzene rings is 1. The third-order valence-electron chi connectivity index (χ3n) is 3.46. The molecule has 1 N–H and O–H groups in total. The van der Waals surface area contributed by atoms with Crippen LogP contribution in [0.25, 0.3) is 10.2 Å². The Morgan fingerprint density at radius 2 is 2.33 bits per heavy atom. The van der Waals surface area contributed by atoms with Crippen molar-refractivity contribution in [3.05, 3.63) is 29.3 Å². The van der Waals surface area contributed by atoms with E-state index in [9.17, 15) is 5.11 Å². The average molecular weight is 263 g/mol. The van der Waals surface area contributed by atoms with Gasteiger partial charge in [0.2, 0.25) is 0 Å². The highest BCUT2D eigenvalue weighted by Crippen LogP contribution is 2.31. The Labute approximate surface area is 110 Å². The summed E-state index contributed by atoms with van der Waals surface area (Å²) in [6.45, 7) is 2.66. The number of hydrogen-bond donors (Lipinski definition) is 1. The molecule has 1 aromatic carbocycles. The topological polar surface area (TPSA) is 42.4 Å². The molecule has 1 aliphatic heterocycles. The van der Waals surface area contributed by atoms with Crippen LogP contribution in [-0.2, 0) is 11.2 Å². The third kappa shape index (κ3) is 2.41. The van der Waals surface area contributed by atoms with Crippen LogP contribution in [-0.4, -0.2) is 28.4 Å². The van der Waals surface area contributed by atoms with E-state index >= 15 is 0 Å². The Morgan fingerprint density at radius 1 is 1.50 bits per heavy atom. The first-order valence-electron chi connectivity index (χ1n) is 6.33. The highest BCUT2D eigenvalue weighted by atomic mass is 32.1. The van der Waals surface area contributed by atoms with Gasteiger partial charge in [-0.25, -0.2) is 4.98 Å². The van der Waals surface area contributed by atoms with Gasteiger partial charge in [-0.05, 0) is 19.1 Å². The number of thiazole rings is 1. The number of ether oxygens (including phenoxy) is 1. The van der Waals surface area contributed by atoms with Gasteiger partial charge in [-0.15, -0.1) is 11.3 Å². The molecule has 18 heavy (non-hydrogen) atoms. The second-order valence-corrected chi connectivity index (χ2v) is 6.23. The van der Waals surface area contributed by atoms with E-state index in [0.29, 0.717) is 25.9 Å². The van der Waals surface area contributed by atoms with Crippen LogP contribution in [0.1, 0.15) is 24.8 Å². The quantitative estimate of drug-likeness (QED) is 0.906. The molecule has 0 radical (unpaired) electrons. The summed E-state index contributed by atoms with van der Waals surface area (Å²) in [4.78, 5) is 4.59. The van der Waals surface area contributed by atoms with E-state index in [1.165, 1.54) is 4.70 Å². The van der Waals surface area contributed by atoms with Gasteiger partial charge in [0, 0.05) is 25.9 Å². The van der Waals surface area contributed by atoms with Crippen molar-refractivity contribution >= 4 is 21.6 Å². The number of nitrogens with zero attached hydrogens (tertiary/aromatic N) is 1. The lowest BCUT2D eigenvalue weighted by atomic mass is 9.88. The van der Waals surface area contributed by atoms with Gasteiger partial charge in [-0.3, -0.25) is 0 Å². The van der Waals surface area contributed by atoms with Crippen molar-refractivity contribution in [2.45, 2.75) is 37.9 Å². The standard InChI is InChI=1S/C14H17NO2S/c1-10-8-14(16,6-7-17-10)9-13-15-11-4-2-3-5-12(11)18-13/h2-5,10,16H,6-9H2,1H3. The van der Waals surface area contributed by atoms with Crippen molar-refractivity contribution in [1.29, 1.82) is 0 Å². The number of para-hydroxylation sites is 1. The minimum atomic E-state index is -0.647. The summed E-state index contributed by atoms with van der Waals surface area (Å²) >= 11 is 1.68. The van der Waals surface area contributed by atoms with Gasteiger partial charge in [-0.2, -0.15) is 0 Å². The number of aromatic nitrogens is 1. The Bertz CT molecular complexity index is 520. The molecule has 2 heterocycles. The fourth-order valence-electron chi connectivity index (χ4n) is 2.58. The molecule has 1 saturated heterocycles. The predicted octanol–water partition coefficient (Wildman–Crippen LogP) is 2.77. The molecule has 1 fully saturated rings. The van der Waals surface area contributed by atoms with Crippen LogP contribution in [0.4, 0.5) is 0 Å². The fraction of sp³-hybridized carbons (Fsp3) is 0.500. The lowest BCUT2D eigenvalue weighted by Crippen LogP contribution is -2.41. The zero-order chi connectivity index (χ0) is 12.6. The van der Waals surface area contributed by atoms with Crippen molar-refractivity contribution in [1.82, 2.24) is 4.98 Å². The minimum Gasteiger partial charge on any atom is -0.389 e.